The highest BCUT2D eigenvalue weighted by molar-refractivity contribution is 14.0. The van der Waals surface area contributed by atoms with E-state index in [1.807, 2.05) is 14.0 Å². The summed E-state index contributed by atoms with van der Waals surface area (Å²) in [5.41, 5.74) is 1.36. The minimum Gasteiger partial charge on any atom is -0.450 e. The van der Waals surface area contributed by atoms with Gasteiger partial charge in [0, 0.05) is 46.3 Å². The number of carbonyl (C=O) groups is 1. The number of guanidine groups is 1. The third-order valence-corrected chi connectivity index (χ3v) is 5.38. The second kappa shape index (κ2) is 12.2. The van der Waals surface area contributed by atoms with Gasteiger partial charge in [0.05, 0.1) is 12.6 Å². The molecule has 1 aromatic carbocycles. The monoisotopic (exact) mass is 515 g/mol. The molecule has 29 heavy (non-hydrogen) atoms. The molecule has 7 nitrogen and oxygen atoms in total. The lowest BCUT2D eigenvalue weighted by atomic mass is 10.2. The average Bonchev–Trinajstić information content (AvgIpc) is 3.55. The summed E-state index contributed by atoms with van der Waals surface area (Å²) in [6.07, 6.45) is 2.00. The Balaban J connectivity index is 0.00000300. The summed E-state index contributed by atoms with van der Waals surface area (Å²) in [5.74, 6) is 1.45. The van der Waals surface area contributed by atoms with E-state index in [9.17, 15) is 4.79 Å². The lowest BCUT2D eigenvalue weighted by Gasteiger charge is -2.37. The van der Waals surface area contributed by atoms with Crippen LogP contribution in [0, 0.1) is 5.92 Å². The number of ether oxygens (including phenoxy) is 1. The van der Waals surface area contributed by atoms with Crippen LogP contribution in [0.25, 0.3) is 0 Å². The highest BCUT2D eigenvalue weighted by Gasteiger charge is 2.33. The highest BCUT2D eigenvalue weighted by atomic mass is 127. The predicted molar refractivity (Wildman–Crippen MR) is 127 cm³/mol. The Morgan fingerprint density at radius 3 is 2.48 bits per heavy atom. The van der Waals surface area contributed by atoms with Crippen molar-refractivity contribution in [2.75, 3.05) is 46.4 Å². The Hall–Kier alpha value is -1.55. The Bertz CT molecular complexity index is 646. The average molecular weight is 515 g/mol. The van der Waals surface area contributed by atoms with E-state index >= 15 is 0 Å². The van der Waals surface area contributed by atoms with E-state index in [0.717, 1.165) is 51.5 Å². The van der Waals surface area contributed by atoms with Crippen molar-refractivity contribution < 1.29 is 9.53 Å². The van der Waals surface area contributed by atoms with Gasteiger partial charge in [-0.2, -0.15) is 0 Å². The van der Waals surface area contributed by atoms with E-state index in [0.29, 0.717) is 19.1 Å². The number of alkyl carbamates (subject to hydrolysis) is 1. The van der Waals surface area contributed by atoms with Crippen LogP contribution < -0.4 is 10.6 Å². The van der Waals surface area contributed by atoms with Gasteiger partial charge in [-0.3, -0.25) is 9.89 Å². The second-order valence-corrected chi connectivity index (χ2v) is 7.49. The first kappa shape index (κ1) is 23.7. The van der Waals surface area contributed by atoms with Gasteiger partial charge in [0.1, 0.15) is 0 Å². The van der Waals surface area contributed by atoms with E-state index in [1.165, 1.54) is 5.56 Å². The van der Waals surface area contributed by atoms with Gasteiger partial charge in [-0.1, -0.05) is 30.3 Å². The first-order valence-electron chi connectivity index (χ1n) is 10.3. The zero-order valence-corrected chi connectivity index (χ0v) is 19.8. The van der Waals surface area contributed by atoms with Crippen molar-refractivity contribution in [2.45, 2.75) is 32.4 Å². The van der Waals surface area contributed by atoms with Gasteiger partial charge in [-0.25, -0.2) is 4.79 Å². The molecule has 0 bridgehead atoms. The Morgan fingerprint density at radius 1 is 1.21 bits per heavy atom. The molecule has 1 aliphatic carbocycles. The third-order valence-electron chi connectivity index (χ3n) is 5.38. The molecule has 2 aliphatic rings. The maximum Gasteiger partial charge on any atom is 0.407 e. The fourth-order valence-electron chi connectivity index (χ4n) is 3.65. The fourth-order valence-corrected chi connectivity index (χ4v) is 3.65. The van der Waals surface area contributed by atoms with Crippen molar-refractivity contribution in [3.8, 4) is 0 Å². The molecule has 2 fully saturated rings. The van der Waals surface area contributed by atoms with E-state index in [4.69, 9.17) is 4.74 Å². The molecule has 0 aromatic heterocycles. The number of nitrogens with one attached hydrogen (secondary N) is 2. The molecule has 1 unspecified atom stereocenters. The van der Waals surface area contributed by atoms with Crippen molar-refractivity contribution in [2.24, 2.45) is 10.9 Å². The van der Waals surface area contributed by atoms with E-state index < -0.39 is 0 Å². The lowest BCUT2D eigenvalue weighted by Crippen LogP contribution is -2.54. The van der Waals surface area contributed by atoms with Gasteiger partial charge in [0.15, 0.2) is 5.96 Å². The van der Waals surface area contributed by atoms with Crippen LogP contribution in [0.15, 0.2) is 35.3 Å². The third kappa shape index (κ3) is 7.65. The SMILES string of the molecule is CCOC(=O)NC(CNC(=NC)N1CCN(Cc2ccccc2)CC1)C1CC1.I. The van der Waals surface area contributed by atoms with Crippen molar-refractivity contribution in [3.05, 3.63) is 35.9 Å². The summed E-state index contributed by atoms with van der Waals surface area (Å²) in [6.45, 7) is 7.83. The predicted octanol–water partition coefficient (Wildman–Crippen LogP) is 2.52. The van der Waals surface area contributed by atoms with Crippen LogP contribution in [-0.2, 0) is 11.3 Å². The molecule has 2 N–H and O–H groups in total. The number of nitrogens with zero attached hydrogens (tertiary/aromatic N) is 3. The van der Waals surface area contributed by atoms with Crippen LogP contribution >= 0.6 is 24.0 Å². The largest absolute Gasteiger partial charge is 0.450 e. The Morgan fingerprint density at radius 2 is 1.90 bits per heavy atom. The van der Waals surface area contributed by atoms with Crippen LogP contribution in [0.5, 0.6) is 0 Å². The lowest BCUT2D eigenvalue weighted by molar-refractivity contribution is 0.146. The molecule has 1 saturated carbocycles. The fraction of sp³-hybridized carbons (Fsp3) is 0.619. The maximum absolute atomic E-state index is 11.8. The number of hydrogen-bond donors (Lipinski definition) is 2. The summed E-state index contributed by atoms with van der Waals surface area (Å²) in [6, 6.07) is 10.7. The number of aliphatic imine (C=N–C) groups is 1. The second-order valence-electron chi connectivity index (χ2n) is 7.49. The minimum absolute atomic E-state index is 0. The van der Waals surface area contributed by atoms with Crippen LogP contribution in [-0.4, -0.2) is 74.3 Å². The molecule has 1 amide bonds. The molecule has 162 valence electrons. The van der Waals surface area contributed by atoms with Crippen molar-refractivity contribution >= 4 is 36.0 Å². The summed E-state index contributed by atoms with van der Waals surface area (Å²) in [7, 11) is 1.82. The number of carbonyl (C=O) groups excluding carboxylic acids is 1. The van der Waals surface area contributed by atoms with Crippen LogP contribution in [0.1, 0.15) is 25.3 Å². The van der Waals surface area contributed by atoms with E-state index in [2.05, 4.69) is 55.8 Å². The van der Waals surface area contributed by atoms with E-state index in [1.54, 1.807) is 0 Å². The molecule has 1 aromatic rings. The number of hydrogen-bond acceptors (Lipinski definition) is 4. The summed E-state index contributed by atoms with van der Waals surface area (Å²) < 4.78 is 5.04. The van der Waals surface area contributed by atoms with Gasteiger partial charge < -0.3 is 20.3 Å². The van der Waals surface area contributed by atoms with Gasteiger partial charge in [0.2, 0.25) is 0 Å². The summed E-state index contributed by atoms with van der Waals surface area (Å²) in [5, 5.41) is 6.45. The normalized spacial score (nSPS) is 18.6. The van der Waals surface area contributed by atoms with Crippen LogP contribution in [0.4, 0.5) is 4.79 Å². The van der Waals surface area contributed by atoms with Crippen molar-refractivity contribution in [3.63, 3.8) is 0 Å². The summed E-state index contributed by atoms with van der Waals surface area (Å²) >= 11 is 0. The van der Waals surface area contributed by atoms with E-state index in [-0.39, 0.29) is 36.1 Å². The standard InChI is InChI=1S/C21H33N5O2.HI/c1-3-28-21(27)24-19(18-9-10-18)15-23-20(22-2)26-13-11-25(12-14-26)16-17-7-5-4-6-8-17;/h4-8,18-19H,3,9-16H2,1-2H3,(H,22,23)(H,24,27);1H. The van der Waals surface area contributed by atoms with Crippen molar-refractivity contribution in [1.82, 2.24) is 20.4 Å². The number of piperazine rings is 1. The molecule has 0 radical (unpaired) electrons. The quantitative estimate of drug-likeness (QED) is 0.332. The number of rotatable bonds is 7. The van der Waals surface area contributed by atoms with Gasteiger partial charge in [-0.15, -0.1) is 24.0 Å². The molecule has 1 aliphatic heterocycles. The Labute approximate surface area is 191 Å². The zero-order valence-electron chi connectivity index (χ0n) is 17.5. The number of amides is 1. The summed E-state index contributed by atoms with van der Waals surface area (Å²) in [4.78, 5) is 21.0. The maximum atomic E-state index is 11.8. The first-order valence-corrected chi connectivity index (χ1v) is 10.3. The molecule has 1 saturated heterocycles. The van der Waals surface area contributed by atoms with Crippen LogP contribution in [0.3, 0.4) is 0 Å². The Kier molecular flexibility index (Phi) is 9.99. The first-order chi connectivity index (χ1) is 13.7. The molecular weight excluding hydrogens is 481 g/mol. The molecular formula is C21H34IN5O2. The molecule has 1 atom stereocenters. The van der Waals surface area contributed by atoms with Crippen LogP contribution in [0.2, 0.25) is 0 Å². The highest BCUT2D eigenvalue weighted by Crippen LogP contribution is 2.32. The molecule has 8 heteroatoms. The smallest absolute Gasteiger partial charge is 0.407 e. The van der Waals surface area contributed by atoms with Gasteiger partial charge in [-0.05, 0) is 31.2 Å². The minimum atomic E-state index is -0.328. The molecule has 0 spiro atoms. The van der Waals surface area contributed by atoms with Crippen molar-refractivity contribution in [1.29, 1.82) is 0 Å². The zero-order chi connectivity index (χ0) is 19.8. The number of benzene rings is 1. The van der Waals surface area contributed by atoms with Gasteiger partial charge in [0.25, 0.3) is 0 Å². The molecule has 1 heterocycles. The van der Waals surface area contributed by atoms with Gasteiger partial charge >= 0.3 is 6.09 Å². The molecule has 3 rings (SSSR count). The topological polar surface area (TPSA) is 69.2 Å². The number of halogens is 1.